The van der Waals surface area contributed by atoms with E-state index in [0.29, 0.717) is 40.9 Å². The standard InChI is InChI=1S/C31H39BrN2O4/c1-21(2)9-5-10-22(3)11-6-12-23(4)15-18-33-26-19-24(35)20-28(37)30(26)34(17-8-16-32)29-25(31(33)38)13-7-14-27(29)36/h7,9,11,13-15,19-20,35-37H,5-6,8,10,12,16-18H2,1-4H3/b22-11+,23-15+. The van der Waals surface area contributed by atoms with Gasteiger partial charge in [0.15, 0.2) is 0 Å². The molecule has 6 nitrogen and oxygen atoms in total. The summed E-state index contributed by atoms with van der Waals surface area (Å²) in [5.74, 6) is -0.631. The summed E-state index contributed by atoms with van der Waals surface area (Å²) < 4.78 is 0. The summed E-state index contributed by atoms with van der Waals surface area (Å²) in [6.45, 7) is 9.17. The molecule has 0 spiro atoms. The fourth-order valence-corrected chi connectivity index (χ4v) is 4.89. The zero-order chi connectivity index (χ0) is 27.8. The smallest absolute Gasteiger partial charge is 0.260 e. The first-order chi connectivity index (χ1) is 18.1. The normalized spacial score (nSPS) is 13.8. The number of fused-ring (bicyclic) bond motifs is 2. The maximum atomic E-state index is 13.8. The minimum absolute atomic E-state index is 0.0378. The molecular weight excluding hydrogens is 544 g/mol. The second-order valence-electron chi connectivity index (χ2n) is 10.1. The Balaban J connectivity index is 1.91. The predicted octanol–water partition coefficient (Wildman–Crippen LogP) is 8.11. The average Bonchev–Trinajstić information content (AvgIpc) is 2.94. The molecule has 0 aromatic heterocycles. The van der Waals surface area contributed by atoms with Crippen LogP contribution in [0.25, 0.3) is 0 Å². The number of halogens is 1. The fourth-order valence-electron chi connectivity index (χ4n) is 4.63. The van der Waals surface area contributed by atoms with Gasteiger partial charge in [-0.25, -0.2) is 0 Å². The monoisotopic (exact) mass is 582 g/mol. The largest absolute Gasteiger partial charge is 0.508 e. The molecule has 1 aliphatic heterocycles. The fraction of sp³-hybridized carbons (Fsp3) is 0.387. The van der Waals surface area contributed by atoms with Crippen molar-refractivity contribution in [2.75, 3.05) is 28.2 Å². The summed E-state index contributed by atoms with van der Waals surface area (Å²) in [6, 6.07) is 7.64. The van der Waals surface area contributed by atoms with Crippen LogP contribution in [0.5, 0.6) is 17.2 Å². The van der Waals surface area contributed by atoms with Crippen LogP contribution in [-0.2, 0) is 0 Å². The number of phenols is 3. The van der Waals surface area contributed by atoms with E-state index in [9.17, 15) is 20.1 Å². The molecule has 204 valence electrons. The molecule has 0 saturated carbocycles. The summed E-state index contributed by atoms with van der Waals surface area (Å²) in [7, 11) is 0. The molecule has 0 atom stereocenters. The Kier molecular flexibility index (Phi) is 10.5. The van der Waals surface area contributed by atoms with E-state index in [4.69, 9.17) is 0 Å². The number of alkyl halides is 1. The molecule has 38 heavy (non-hydrogen) atoms. The summed E-state index contributed by atoms with van der Waals surface area (Å²) in [4.78, 5) is 17.2. The zero-order valence-electron chi connectivity index (χ0n) is 22.8. The topological polar surface area (TPSA) is 84.2 Å². The Morgan fingerprint density at radius 2 is 1.55 bits per heavy atom. The number of benzene rings is 2. The van der Waals surface area contributed by atoms with Gasteiger partial charge in [0.05, 0.1) is 16.9 Å². The van der Waals surface area contributed by atoms with Crippen LogP contribution >= 0.6 is 15.9 Å². The van der Waals surface area contributed by atoms with Crippen LogP contribution in [0.2, 0.25) is 0 Å². The Hall–Kier alpha value is -3.19. The predicted molar refractivity (Wildman–Crippen MR) is 160 cm³/mol. The van der Waals surface area contributed by atoms with Crippen molar-refractivity contribution in [3.8, 4) is 17.2 Å². The maximum absolute atomic E-state index is 13.8. The van der Waals surface area contributed by atoms with Gasteiger partial charge in [-0.05, 0) is 71.9 Å². The number of carbonyl (C=O) groups excluding carboxylic acids is 1. The number of phenolic OH excluding ortho intramolecular Hbond substituents is 3. The minimum atomic E-state index is -0.303. The Morgan fingerprint density at radius 1 is 0.868 bits per heavy atom. The van der Waals surface area contributed by atoms with Crippen molar-refractivity contribution < 1.29 is 20.1 Å². The van der Waals surface area contributed by atoms with Crippen LogP contribution in [0.4, 0.5) is 17.1 Å². The van der Waals surface area contributed by atoms with Gasteiger partial charge in [-0.15, -0.1) is 0 Å². The number of nitrogens with zero attached hydrogens (tertiary/aromatic N) is 2. The van der Waals surface area contributed by atoms with Gasteiger partial charge in [-0.1, -0.05) is 56.9 Å². The first kappa shape index (κ1) is 29.4. The van der Waals surface area contributed by atoms with Gasteiger partial charge >= 0.3 is 0 Å². The van der Waals surface area contributed by atoms with Crippen LogP contribution in [-0.4, -0.2) is 39.6 Å². The first-order valence-corrected chi connectivity index (χ1v) is 14.2. The number of amides is 1. The summed E-state index contributed by atoms with van der Waals surface area (Å²) in [5, 5.41) is 32.8. The number of allylic oxidation sites excluding steroid dienone is 5. The van der Waals surface area contributed by atoms with Crippen LogP contribution in [0.3, 0.4) is 0 Å². The lowest BCUT2D eigenvalue weighted by Crippen LogP contribution is -2.30. The van der Waals surface area contributed by atoms with Gasteiger partial charge in [-0.2, -0.15) is 0 Å². The molecule has 0 aliphatic carbocycles. The second kappa shape index (κ2) is 13.6. The lowest BCUT2D eigenvalue weighted by molar-refractivity contribution is 0.0990. The lowest BCUT2D eigenvalue weighted by Gasteiger charge is -2.28. The molecule has 3 rings (SSSR count). The molecule has 2 aromatic rings. The average molecular weight is 584 g/mol. The third-order valence-corrected chi connectivity index (χ3v) is 7.20. The van der Waals surface area contributed by atoms with Gasteiger partial charge < -0.3 is 25.1 Å². The molecule has 0 fully saturated rings. The van der Waals surface area contributed by atoms with Crippen LogP contribution in [0, 0.1) is 0 Å². The molecule has 0 unspecified atom stereocenters. The molecule has 2 aromatic carbocycles. The molecule has 0 bridgehead atoms. The number of para-hydroxylation sites is 1. The minimum Gasteiger partial charge on any atom is -0.508 e. The van der Waals surface area contributed by atoms with Gasteiger partial charge in [0.1, 0.15) is 22.9 Å². The number of hydrogen-bond acceptors (Lipinski definition) is 5. The molecule has 7 heteroatoms. The van der Waals surface area contributed by atoms with E-state index in [1.54, 1.807) is 28.0 Å². The van der Waals surface area contributed by atoms with E-state index in [1.807, 2.05) is 6.08 Å². The molecule has 3 N–H and O–H groups in total. The van der Waals surface area contributed by atoms with E-state index in [1.165, 1.54) is 23.3 Å². The van der Waals surface area contributed by atoms with Crippen molar-refractivity contribution in [3.63, 3.8) is 0 Å². The Morgan fingerprint density at radius 3 is 2.24 bits per heavy atom. The number of rotatable bonds is 11. The van der Waals surface area contributed by atoms with Gasteiger partial charge in [-0.3, -0.25) is 4.79 Å². The Bertz CT molecular complexity index is 1240. The van der Waals surface area contributed by atoms with E-state index >= 15 is 0 Å². The highest BCUT2D eigenvalue weighted by Gasteiger charge is 2.34. The summed E-state index contributed by atoms with van der Waals surface area (Å²) >= 11 is 3.45. The molecule has 1 heterocycles. The summed E-state index contributed by atoms with van der Waals surface area (Å²) in [5.41, 5.74) is 5.35. The molecule has 0 radical (unpaired) electrons. The quantitative estimate of drug-likeness (QED) is 0.184. The van der Waals surface area contributed by atoms with E-state index in [2.05, 4.69) is 55.8 Å². The molecular formula is C31H39BrN2O4. The SMILES string of the molecule is CC(C)=CCC/C(C)=C/CC/C(C)=C/CN1C(=O)c2cccc(O)c2N(CCCBr)c2c(O)cc(O)cc21. The van der Waals surface area contributed by atoms with Crippen molar-refractivity contribution in [3.05, 3.63) is 70.8 Å². The van der Waals surface area contributed by atoms with Crippen LogP contribution in [0.15, 0.2) is 65.3 Å². The van der Waals surface area contributed by atoms with Gasteiger partial charge in [0.25, 0.3) is 5.91 Å². The van der Waals surface area contributed by atoms with E-state index in [0.717, 1.165) is 31.3 Å². The Labute approximate surface area is 234 Å². The number of aromatic hydroxyl groups is 3. The van der Waals surface area contributed by atoms with E-state index < -0.39 is 0 Å². The van der Waals surface area contributed by atoms with Crippen LogP contribution < -0.4 is 9.80 Å². The molecule has 1 aliphatic rings. The third-order valence-electron chi connectivity index (χ3n) is 6.64. The van der Waals surface area contributed by atoms with Crippen molar-refractivity contribution in [2.24, 2.45) is 0 Å². The van der Waals surface area contributed by atoms with Gasteiger partial charge in [0.2, 0.25) is 0 Å². The lowest BCUT2D eigenvalue weighted by atomic mass is 10.1. The second-order valence-corrected chi connectivity index (χ2v) is 10.9. The van der Waals surface area contributed by atoms with Crippen molar-refractivity contribution in [1.29, 1.82) is 0 Å². The van der Waals surface area contributed by atoms with Gasteiger partial charge in [0, 0.05) is 30.6 Å². The van der Waals surface area contributed by atoms with E-state index in [-0.39, 0.29) is 29.7 Å². The molecule has 1 amide bonds. The van der Waals surface area contributed by atoms with Crippen LogP contribution in [0.1, 0.15) is 70.2 Å². The maximum Gasteiger partial charge on any atom is 0.260 e. The van der Waals surface area contributed by atoms with Crippen molar-refractivity contribution in [1.82, 2.24) is 0 Å². The number of hydrogen-bond donors (Lipinski definition) is 3. The molecule has 0 saturated heterocycles. The first-order valence-electron chi connectivity index (χ1n) is 13.1. The number of anilines is 3. The summed E-state index contributed by atoms with van der Waals surface area (Å²) in [6.07, 6.45) is 11.2. The van der Waals surface area contributed by atoms with Crippen molar-refractivity contribution >= 4 is 38.9 Å². The number of carbonyl (C=O) groups is 1. The highest BCUT2D eigenvalue weighted by Crippen LogP contribution is 2.50. The third kappa shape index (κ3) is 7.22. The highest BCUT2D eigenvalue weighted by molar-refractivity contribution is 9.09. The zero-order valence-corrected chi connectivity index (χ0v) is 24.4. The van der Waals surface area contributed by atoms with Crippen molar-refractivity contribution in [2.45, 2.75) is 59.8 Å². The highest BCUT2D eigenvalue weighted by atomic mass is 79.9.